The first-order valence-corrected chi connectivity index (χ1v) is 6.94. The van der Waals surface area contributed by atoms with Gasteiger partial charge in [-0.15, -0.1) is 0 Å². The fourth-order valence-electron chi connectivity index (χ4n) is 2.73. The zero-order valence-corrected chi connectivity index (χ0v) is 11.2. The normalized spacial score (nSPS) is 17.9. The average Bonchev–Trinajstić information content (AvgIpc) is 2.46. The molecule has 3 heteroatoms. The molecule has 1 aliphatic heterocycles. The van der Waals surface area contributed by atoms with Crippen LogP contribution < -0.4 is 5.32 Å². The molecule has 18 heavy (non-hydrogen) atoms. The van der Waals surface area contributed by atoms with Crippen LogP contribution in [0.25, 0.3) is 0 Å². The zero-order chi connectivity index (χ0) is 12.8. The number of hydrogen-bond acceptors (Lipinski definition) is 3. The summed E-state index contributed by atoms with van der Waals surface area (Å²) in [4.78, 5) is 2.47. The number of benzene rings is 1. The van der Waals surface area contributed by atoms with E-state index in [-0.39, 0.29) is 0 Å². The highest BCUT2D eigenvalue weighted by atomic mass is 16.3. The van der Waals surface area contributed by atoms with E-state index < -0.39 is 0 Å². The van der Waals surface area contributed by atoms with Crippen molar-refractivity contribution in [3.8, 4) is 0 Å². The summed E-state index contributed by atoms with van der Waals surface area (Å²) in [6, 6.07) is 8.77. The van der Waals surface area contributed by atoms with Crippen LogP contribution in [0.15, 0.2) is 24.3 Å². The molecule has 2 N–H and O–H groups in total. The van der Waals surface area contributed by atoms with E-state index >= 15 is 0 Å². The first-order valence-electron chi connectivity index (χ1n) is 6.94. The quantitative estimate of drug-likeness (QED) is 0.839. The Morgan fingerprint density at radius 1 is 1.33 bits per heavy atom. The molecule has 1 fully saturated rings. The van der Waals surface area contributed by atoms with Crippen LogP contribution in [0.1, 0.15) is 30.7 Å². The number of likely N-dealkylation sites (tertiary alicyclic amines) is 1. The minimum Gasteiger partial charge on any atom is -0.396 e. The van der Waals surface area contributed by atoms with Crippen LogP contribution in [0.4, 0.5) is 5.69 Å². The molecule has 1 aromatic carbocycles. The van der Waals surface area contributed by atoms with Crippen LogP contribution in [0, 0.1) is 0 Å². The molecule has 0 amide bonds. The van der Waals surface area contributed by atoms with E-state index in [1.54, 1.807) is 0 Å². The third-order valence-electron chi connectivity index (χ3n) is 3.87. The van der Waals surface area contributed by atoms with Gasteiger partial charge in [0, 0.05) is 25.9 Å². The molecule has 0 radical (unpaired) electrons. The van der Waals surface area contributed by atoms with Crippen LogP contribution in [0.2, 0.25) is 0 Å². The van der Waals surface area contributed by atoms with E-state index in [0.717, 1.165) is 26.1 Å². The number of nitrogens with zero attached hydrogens (tertiary/aromatic N) is 1. The van der Waals surface area contributed by atoms with Gasteiger partial charge in [-0.2, -0.15) is 0 Å². The van der Waals surface area contributed by atoms with Crippen molar-refractivity contribution in [1.82, 2.24) is 4.90 Å². The number of aliphatic hydroxyl groups is 1. The molecule has 0 saturated carbocycles. The Bertz CT molecular complexity index is 359. The monoisotopic (exact) mass is 248 g/mol. The molecule has 0 bridgehead atoms. The Hall–Kier alpha value is -1.06. The number of piperidine rings is 1. The first-order chi connectivity index (χ1) is 8.83. The van der Waals surface area contributed by atoms with Crippen molar-refractivity contribution >= 4 is 5.69 Å². The fourth-order valence-corrected chi connectivity index (χ4v) is 2.73. The molecular weight excluding hydrogens is 224 g/mol. The minimum absolute atomic E-state index is 0.310. The SMILES string of the molecule is CNc1cccc(C2CCN(CCCO)CC2)c1. The van der Waals surface area contributed by atoms with Gasteiger partial charge in [-0.3, -0.25) is 0 Å². The zero-order valence-electron chi connectivity index (χ0n) is 11.2. The van der Waals surface area contributed by atoms with Crippen molar-refractivity contribution in [2.45, 2.75) is 25.2 Å². The van der Waals surface area contributed by atoms with E-state index in [0.29, 0.717) is 12.5 Å². The predicted molar refractivity (Wildman–Crippen MR) is 76.1 cm³/mol. The summed E-state index contributed by atoms with van der Waals surface area (Å²) in [6.07, 6.45) is 3.37. The van der Waals surface area contributed by atoms with Gasteiger partial charge in [-0.25, -0.2) is 0 Å². The lowest BCUT2D eigenvalue weighted by Gasteiger charge is -2.32. The second-order valence-electron chi connectivity index (χ2n) is 5.07. The van der Waals surface area contributed by atoms with E-state index in [9.17, 15) is 0 Å². The third kappa shape index (κ3) is 3.47. The Labute approximate surface area is 110 Å². The van der Waals surface area contributed by atoms with E-state index in [2.05, 4.69) is 34.5 Å². The third-order valence-corrected chi connectivity index (χ3v) is 3.87. The predicted octanol–water partition coefficient (Wildman–Crippen LogP) is 2.29. The highest BCUT2D eigenvalue weighted by Crippen LogP contribution is 2.29. The summed E-state index contributed by atoms with van der Waals surface area (Å²) in [5.74, 6) is 0.698. The van der Waals surface area contributed by atoms with Crippen molar-refractivity contribution in [3.05, 3.63) is 29.8 Å². The number of hydrogen-bond donors (Lipinski definition) is 2. The molecule has 0 spiro atoms. The topological polar surface area (TPSA) is 35.5 Å². The van der Waals surface area contributed by atoms with Crippen molar-refractivity contribution in [1.29, 1.82) is 0 Å². The van der Waals surface area contributed by atoms with Crippen molar-refractivity contribution < 1.29 is 5.11 Å². The highest BCUT2D eigenvalue weighted by Gasteiger charge is 2.20. The summed E-state index contributed by atoms with van der Waals surface area (Å²) in [6.45, 7) is 3.67. The lowest BCUT2D eigenvalue weighted by molar-refractivity contribution is 0.187. The number of anilines is 1. The Balaban J connectivity index is 1.88. The fraction of sp³-hybridized carbons (Fsp3) is 0.600. The van der Waals surface area contributed by atoms with Gasteiger partial charge in [0.2, 0.25) is 0 Å². The molecule has 100 valence electrons. The Kier molecular flexibility index (Phi) is 5.02. The summed E-state index contributed by atoms with van der Waals surface area (Å²) in [5.41, 5.74) is 2.67. The molecule has 0 aromatic heterocycles. The first kappa shape index (κ1) is 13.4. The maximum atomic E-state index is 8.85. The molecule has 0 unspecified atom stereocenters. The van der Waals surface area contributed by atoms with Crippen LogP contribution >= 0.6 is 0 Å². The van der Waals surface area contributed by atoms with Gasteiger partial charge < -0.3 is 15.3 Å². The molecule has 1 saturated heterocycles. The van der Waals surface area contributed by atoms with Crippen LogP contribution in [-0.4, -0.2) is 43.3 Å². The standard InChI is InChI=1S/C15H24N2O/c1-16-15-5-2-4-14(12-15)13-6-9-17(10-7-13)8-3-11-18/h2,4-5,12-13,16,18H,3,6-11H2,1H3. The average molecular weight is 248 g/mol. The summed E-state index contributed by atoms with van der Waals surface area (Å²) in [5, 5.41) is 12.1. The van der Waals surface area contributed by atoms with Gasteiger partial charge >= 0.3 is 0 Å². The molecule has 1 aliphatic rings. The van der Waals surface area contributed by atoms with Crippen LogP contribution in [-0.2, 0) is 0 Å². The lowest BCUT2D eigenvalue weighted by atomic mass is 9.89. The second-order valence-corrected chi connectivity index (χ2v) is 5.07. The second kappa shape index (κ2) is 6.76. The number of aliphatic hydroxyl groups excluding tert-OH is 1. The maximum absolute atomic E-state index is 8.85. The highest BCUT2D eigenvalue weighted by molar-refractivity contribution is 5.46. The molecular formula is C15H24N2O. The van der Waals surface area contributed by atoms with E-state index in [4.69, 9.17) is 5.11 Å². The van der Waals surface area contributed by atoms with Gasteiger partial charge in [0.25, 0.3) is 0 Å². The molecule has 1 aromatic rings. The van der Waals surface area contributed by atoms with E-state index in [1.807, 2.05) is 7.05 Å². The largest absolute Gasteiger partial charge is 0.396 e. The summed E-state index contributed by atoms with van der Waals surface area (Å²) in [7, 11) is 1.97. The van der Waals surface area contributed by atoms with Gasteiger partial charge in [0.15, 0.2) is 0 Å². The van der Waals surface area contributed by atoms with Crippen molar-refractivity contribution in [2.24, 2.45) is 0 Å². The lowest BCUT2D eigenvalue weighted by Crippen LogP contribution is -2.34. The molecule has 2 rings (SSSR count). The smallest absolute Gasteiger partial charge is 0.0443 e. The molecule has 3 nitrogen and oxygen atoms in total. The van der Waals surface area contributed by atoms with Gasteiger partial charge in [0.1, 0.15) is 0 Å². The summed E-state index contributed by atoms with van der Waals surface area (Å²) >= 11 is 0. The van der Waals surface area contributed by atoms with Crippen molar-refractivity contribution in [2.75, 3.05) is 38.6 Å². The van der Waals surface area contributed by atoms with E-state index in [1.165, 1.54) is 24.1 Å². The maximum Gasteiger partial charge on any atom is 0.0443 e. The van der Waals surface area contributed by atoms with Gasteiger partial charge in [0.05, 0.1) is 0 Å². The van der Waals surface area contributed by atoms with Crippen molar-refractivity contribution in [3.63, 3.8) is 0 Å². The van der Waals surface area contributed by atoms with Crippen LogP contribution in [0.5, 0.6) is 0 Å². The number of rotatable bonds is 5. The van der Waals surface area contributed by atoms with Crippen LogP contribution in [0.3, 0.4) is 0 Å². The van der Waals surface area contributed by atoms with Gasteiger partial charge in [-0.05, 0) is 56.0 Å². The van der Waals surface area contributed by atoms with Gasteiger partial charge in [-0.1, -0.05) is 12.1 Å². The Morgan fingerprint density at radius 3 is 2.78 bits per heavy atom. The molecule has 0 aliphatic carbocycles. The summed E-state index contributed by atoms with van der Waals surface area (Å²) < 4.78 is 0. The molecule has 1 heterocycles. The minimum atomic E-state index is 0.310. The number of nitrogens with one attached hydrogen (secondary N) is 1. The molecule has 0 atom stereocenters. The Morgan fingerprint density at radius 2 is 2.11 bits per heavy atom.